The van der Waals surface area contributed by atoms with Gasteiger partial charge in [0, 0.05) is 12.1 Å². The lowest BCUT2D eigenvalue weighted by Crippen LogP contribution is -2.53. The summed E-state index contributed by atoms with van der Waals surface area (Å²) in [6, 6.07) is 1.39. The van der Waals surface area contributed by atoms with Crippen LogP contribution in [0.1, 0.15) is 13.3 Å². The molecule has 5 atom stereocenters. The molecule has 1 fully saturated rings. The van der Waals surface area contributed by atoms with Gasteiger partial charge in [-0.3, -0.25) is 4.90 Å². The molecule has 5 nitrogen and oxygen atoms in total. The summed E-state index contributed by atoms with van der Waals surface area (Å²) in [5.41, 5.74) is 5.97. The molecule has 96 valence electrons. The van der Waals surface area contributed by atoms with Crippen molar-refractivity contribution in [2.24, 2.45) is 11.7 Å². The van der Waals surface area contributed by atoms with Gasteiger partial charge in [-0.2, -0.15) is 5.26 Å². The quantitative estimate of drug-likeness (QED) is 0.573. The highest BCUT2D eigenvalue weighted by molar-refractivity contribution is 5.11. The Balaban J connectivity index is 2.88. The fourth-order valence-corrected chi connectivity index (χ4v) is 2.56. The van der Waals surface area contributed by atoms with Crippen LogP contribution in [0.2, 0.25) is 0 Å². The zero-order valence-electron chi connectivity index (χ0n) is 10.3. The number of aliphatic hydroxyl groups is 2. The van der Waals surface area contributed by atoms with E-state index in [9.17, 15) is 5.11 Å². The van der Waals surface area contributed by atoms with Gasteiger partial charge in [-0.15, -0.1) is 0 Å². The minimum Gasteiger partial charge on any atom is -0.394 e. The number of nitriles is 1. The minimum atomic E-state index is -0.951. The Hall–Kier alpha value is -0.930. The maximum absolute atomic E-state index is 9.64. The Kier molecular flexibility index (Phi) is 5.09. The molecule has 0 saturated carbocycles. The summed E-state index contributed by atoms with van der Waals surface area (Å²) in [6.07, 6.45) is 3.72. The molecule has 17 heavy (non-hydrogen) atoms. The van der Waals surface area contributed by atoms with Gasteiger partial charge >= 0.3 is 0 Å². The van der Waals surface area contributed by atoms with Crippen molar-refractivity contribution in [3.8, 4) is 6.07 Å². The molecule has 0 aromatic heterocycles. The normalized spacial score (nSPS) is 33.8. The maximum Gasteiger partial charge on any atom is 0.0984 e. The van der Waals surface area contributed by atoms with Gasteiger partial charge in [0.1, 0.15) is 0 Å². The molecule has 1 aliphatic rings. The van der Waals surface area contributed by atoms with Crippen molar-refractivity contribution >= 4 is 0 Å². The molecular weight excluding hydrogens is 218 g/mol. The molecule has 1 aliphatic heterocycles. The van der Waals surface area contributed by atoms with Gasteiger partial charge in [0.2, 0.25) is 0 Å². The summed E-state index contributed by atoms with van der Waals surface area (Å²) in [4.78, 5) is 1.90. The van der Waals surface area contributed by atoms with Crippen molar-refractivity contribution in [2.45, 2.75) is 37.6 Å². The average Bonchev–Trinajstić information content (AvgIpc) is 2.64. The second kappa shape index (κ2) is 6.12. The van der Waals surface area contributed by atoms with Crippen LogP contribution >= 0.6 is 0 Å². The van der Waals surface area contributed by atoms with Crippen LogP contribution in [0.5, 0.6) is 0 Å². The summed E-state index contributed by atoms with van der Waals surface area (Å²) in [6.45, 7) is 1.57. The van der Waals surface area contributed by atoms with E-state index in [4.69, 9.17) is 16.1 Å². The Morgan fingerprint density at radius 1 is 1.65 bits per heavy atom. The number of rotatable bonds is 4. The third-order valence-corrected chi connectivity index (χ3v) is 3.51. The van der Waals surface area contributed by atoms with Crippen LogP contribution in [-0.4, -0.2) is 53.0 Å². The van der Waals surface area contributed by atoms with Crippen LogP contribution < -0.4 is 5.73 Å². The highest BCUT2D eigenvalue weighted by Crippen LogP contribution is 2.31. The number of likely N-dealkylation sites (N-methyl/N-ethyl adjacent to an activating group) is 1. The summed E-state index contributed by atoms with van der Waals surface area (Å²) in [7, 11) is 1.84. The summed E-state index contributed by atoms with van der Waals surface area (Å²) in [5, 5.41) is 27.6. The first kappa shape index (κ1) is 14.1. The van der Waals surface area contributed by atoms with Crippen LogP contribution in [-0.2, 0) is 0 Å². The van der Waals surface area contributed by atoms with E-state index in [0.29, 0.717) is 6.42 Å². The lowest BCUT2D eigenvalue weighted by atomic mass is 9.91. The van der Waals surface area contributed by atoms with Crippen LogP contribution in [0, 0.1) is 17.2 Å². The van der Waals surface area contributed by atoms with Crippen molar-refractivity contribution in [1.29, 1.82) is 5.26 Å². The monoisotopic (exact) mass is 239 g/mol. The number of allylic oxidation sites excluding steroid dienone is 1. The van der Waals surface area contributed by atoms with Crippen molar-refractivity contribution in [3.63, 3.8) is 0 Å². The van der Waals surface area contributed by atoms with E-state index in [0.717, 1.165) is 0 Å². The zero-order chi connectivity index (χ0) is 13.0. The standard InChI is InChI=1S/C12H21N3O2/c1-3-4-8-5-9(6-13)15(2)12(8)11(14)10(17)7-16/h3-4,8-12,16-17H,5,7,14H2,1-2H3/b4-3-. The summed E-state index contributed by atoms with van der Waals surface area (Å²) >= 11 is 0. The molecular formula is C12H21N3O2. The number of aliphatic hydroxyl groups excluding tert-OH is 2. The van der Waals surface area contributed by atoms with Gasteiger partial charge in [0.15, 0.2) is 0 Å². The average molecular weight is 239 g/mol. The Bertz CT molecular complexity index is 313. The smallest absolute Gasteiger partial charge is 0.0984 e. The number of hydrogen-bond acceptors (Lipinski definition) is 5. The van der Waals surface area contributed by atoms with E-state index in [1.165, 1.54) is 0 Å². The first-order valence-electron chi connectivity index (χ1n) is 5.85. The number of likely N-dealkylation sites (tertiary alicyclic amines) is 1. The lowest BCUT2D eigenvalue weighted by molar-refractivity contribution is 0.0441. The topological polar surface area (TPSA) is 93.5 Å². The van der Waals surface area contributed by atoms with Gasteiger partial charge in [-0.1, -0.05) is 12.2 Å². The lowest BCUT2D eigenvalue weighted by Gasteiger charge is -2.32. The van der Waals surface area contributed by atoms with Gasteiger partial charge in [-0.25, -0.2) is 0 Å². The molecule has 0 aromatic rings. The third-order valence-electron chi connectivity index (χ3n) is 3.51. The Morgan fingerprint density at radius 2 is 2.29 bits per heavy atom. The summed E-state index contributed by atoms with van der Waals surface area (Å²) < 4.78 is 0. The van der Waals surface area contributed by atoms with Crippen LogP contribution in [0.3, 0.4) is 0 Å². The predicted molar refractivity (Wildman–Crippen MR) is 64.9 cm³/mol. The first-order valence-corrected chi connectivity index (χ1v) is 5.85. The molecule has 5 unspecified atom stereocenters. The molecule has 1 saturated heterocycles. The predicted octanol–water partition coefficient (Wildman–Crippen LogP) is -0.545. The number of nitrogens with zero attached hydrogens (tertiary/aromatic N) is 2. The van der Waals surface area contributed by atoms with Crippen molar-refractivity contribution in [1.82, 2.24) is 4.90 Å². The minimum absolute atomic E-state index is 0.113. The van der Waals surface area contributed by atoms with Gasteiger partial charge in [-0.05, 0) is 26.3 Å². The second-order valence-corrected chi connectivity index (χ2v) is 4.55. The van der Waals surface area contributed by atoms with Crippen molar-refractivity contribution in [3.05, 3.63) is 12.2 Å². The molecule has 0 spiro atoms. The molecule has 1 rings (SSSR count). The SMILES string of the molecule is C/C=C\C1CC(C#N)N(C)C1C(N)C(O)CO. The number of hydrogen-bond donors (Lipinski definition) is 3. The Morgan fingerprint density at radius 3 is 2.76 bits per heavy atom. The van der Waals surface area contributed by atoms with Crippen molar-refractivity contribution in [2.75, 3.05) is 13.7 Å². The molecule has 0 aliphatic carbocycles. The number of nitrogens with two attached hydrogens (primary N) is 1. The second-order valence-electron chi connectivity index (χ2n) is 4.55. The van der Waals surface area contributed by atoms with Crippen LogP contribution in [0.15, 0.2) is 12.2 Å². The highest BCUT2D eigenvalue weighted by atomic mass is 16.3. The zero-order valence-corrected chi connectivity index (χ0v) is 10.3. The molecule has 0 aromatic carbocycles. The highest BCUT2D eigenvalue weighted by Gasteiger charge is 2.42. The van der Waals surface area contributed by atoms with Crippen molar-refractivity contribution < 1.29 is 10.2 Å². The van der Waals surface area contributed by atoms with E-state index in [1.54, 1.807) is 0 Å². The van der Waals surface area contributed by atoms with E-state index in [2.05, 4.69) is 6.07 Å². The van der Waals surface area contributed by atoms with E-state index >= 15 is 0 Å². The molecule has 0 amide bonds. The largest absolute Gasteiger partial charge is 0.394 e. The van der Waals surface area contributed by atoms with E-state index < -0.39 is 12.1 Å². The van der Waals surface area contributed by atoms with Gasteiger partial charge in [0.05, 0.1) is 24.8 Å². The van der Waals surface area contributed by atoms with Gasteiger partial charge in [0.25, 0.3) is 0 Å². The van der Waals surface area contributed by atoms with Crippen LogP contribution in [0.25, 0.3) is 0 Å². The Labute approximate surface area is 102 Å². The first-order chi connectivity index (χ1) is 8.06. The fourth-order valence-electron chi connectivity index (χ4n) is 2.56. The molecule has 4 N–H and O–H groups in total. The maximum atomic E-state index is 9.64. The summed E-state index contributed by atoms with van der Waals surface area (Å²) in [5.74, 6) is 0.144. The van der Waals surface area contributed by atoms with E-state index in [1.807, 2.05) is 31.0 Å². The van der Waals surface area contributed by atoms with Crippen LogP contribution in [0.4, 0.5) is 0 Å². The van der Waals surface area contributed by atoms with Gasteiger partial charge < -0.3 is 15.9 Å². The fraction of sp³-hybridized carbons (Fsp3) is 0.750. The molecule has 0 radical (unpaired) electrons. The van der Waals surface area contributed by atoms with E-state index in [-0.39, 0.29) is 24.6 Å². The third kappa shape index (κ3) is 2.85. The molecule has 1 heterocycles. The molecule has 5 heteroatoms. The molecule has 0 bridgehead atoms.